The third-order valence-electron chi connectivity index (χ3n) is 18.5. The molecule has 9 atom stereocenters. The summed E-state index contributed by atoms with van der Waals surface area (Å²) in [6, 6.07) is 7.69. The van der Waals surface area contributed by atoms with Gasteiger partial charge in [0.15, 0.2) is 11.5 Å². The largest absolute Gasteiger partial charge is 0.495 e. The van der Waals surface area contributed by atoms with Gasteiger partial charge in [-0.1, -0.05) is 56.2 Å². The average Bonchev–Trinajstić information content (AvgIpc) is 1.58. The average molecular weight is 1420 g/mol. The molecule has 1 aromatic heterocycles. The lowest BCUT2D eigenvalue weighted by Gasteiger charge is -2.42. The number of esters is 1. The second kappa shape index (κ2) is 35.1. The first-order valence-electron chi connectivity index (χ1n) is 33.6. The number of epoxide rings is 1. The highest BCUT2D eigenvalue weighted by Gasteiger charge is 2.64. The van der Waals surface area contributed by atoms with Crippen molar-refractivity contribution in [1.29, 1.82) is 0 Å². The number of ketones is 1. The molecule has 0 radical (unpaired) electrons. The van der Waals surface area contributed by atoms with E-state index in [4.69, 9.17) is 69.8 Å². The third-order valence-corrected chi connectivity index (χ3v) is 20.1. The van der Waals surface area contributed by atoms with Crippen LogP contribution in [0.1, 0.15) is 124 Å². The van der Waals surface area contributed by atoms with Crippen molar-refractivity contribution in [3.8, 4) is 11.4 Å². The van der Waals surface area contributed by atoms with E-state index in [0.29, 0.717) is 139 Å². The second-order valence-electron chi connectivity index (χ2n) is 26.7. The first-order chi connectivity index (χ1) is 47.1. The third kappa shape index (κ3) is 20.0. The Balaban J connectivity index is 0.689. The van der Waals surface area contributed by atoms with E-state index < -0.39 is 89.2 Å². The van der Waals surface area contributed by atoms with E-state index in [1.54, 1.807) is 62.0 Å². The number of hydrogen-bond donors (Lipinski definition) is 4. The first kappa shape index (κ1) is 77.7. The predicted molar refractivity (Wildman–Crippen MR) is 368 cm³/mol. The molecule has 5 N–H and O–H groups in total. The Bertz CT molecular complexity index is 3480. The Kier molecular flexibility index (Phi) is 27.5. The van der Waals surface area contributed by atoms with Gasteiger partial charge in [-0.15, -0.1) is 11.8 Å². The van der Waals surface area contributed by atoms with Crippen LogP contribution < -0.4 is 26.0 Å². The molecule has 544 valence electrons. The summed E-state index contributed by atoms with van der Waals surface area (Å²) in [7, 11) is 5.88. The smallest absolute Gasteiger partial charge is 0.409 e. The minimum Gasteiger partial charge on any atom is -0.495 e. The molecule has 0 saturated carbocycles. The van der Waals surface area contributed by atoms with E-state index in [2.05, 4.69) is 24.5 Å². The van der Waals surface area contributed by atoms with Crippen LogP contribution in [0.2, 0.25) is 5.02 Å². The second-order valence-corrected chi connectivity index (χ2v) is 28.3. The number of nitrogens with one attached hydrogen (secondary N) is 2. The number of thioether (sulfide) groups is 1. The van der Waals surface area contributed by atoms with Crippen molar-refractivity contribution in [3.63, 3.8) is 0 Å². The Labute approximate surface area is 587 Å². The molecule has 5 heterocycles. The van der Waals surface area contributed by atoms with Crippen molar-refractivity contribution in [2.75, 3.05) is 123 Å². The van der Waals surface area contributed by atoms with E-state index in [1.807, 2.05) is 26.0 Å². The number of aromatic nitrogens is 2. The van der Waals surface area contributed by atoms with E-state index in [0.717, 1.165) is 22.5 Å². The van der Waals surface area contributed by atoms with Crippen LogP contribution in [0.5, 0.6) is 5.75 Å². The summed E-state index contributed by atoms with van der Waals surface area (Å²) in [5.41, 5.74) is 8.20. The molecule has 29 heteroatoms. The number of hydrogen-bond acceptors (Lipinski definition) is 22. The number of ether oxygens (including phenoxy) is 10. The monoisotopic (exact) mass is 1420 g/mol. The number of imide groups is 1. The molecule has 8 rings (SSSR count). The number of fused-ring (bicyclic) bond motifs is 6. The lowest BCUT2D eigenvalue weighted by Crippen LogP contribution is -2.63. The summed E-state index contributed by atoms with van der Waals surface area (Å²) >= 11 is 8.03. The van der Waals surface area contributed by atoms with Crippen molar-refractivity contribution in [2.45, 2.75) is 153 Å². The maximum atomic E-state index is 14.4. The molecule has 3 fully saturated rings. The molecule has 4 aliphatic heterocycles. The standard InChI is InChI=1S/C70H97ClN8O19S/c1-42-15-12-16-56(90-11)70(88)41-54(96-67(87)74-70)43(2)63-69(7,98-63)57(38-59(82)77(9)50-34-46(33-42)35-53(89-10)62(50)71)97-66(86)45(4)76(8)58(81)19-32-99-55-37-60(83)78(65(55)85)21-14-23-92-25-27-94-29-31-95-30-28-93-26-24-91-22-13-20-73-49-36-47(17-18-48(49)64(72)84)79-51-39-68(5,6)40-52(80)61(51)44(3)75-79/h12,15-18,34-36,43,45,54-57,63,73,88H,13-14,19-33,37-41H2,1-11H3,(H2,72,84)(H,74,87)/b16-12+,42-15+/t43-,45+,54+,55?,56-,57+,63+,69+,70+/m1/s1. The number of halogens is 1. The molecule has 0 spiro atoms. The highest BCUT2D eigenvalue weighted by molar-refractivity contribution is 8.00. The fraction of sp³-hybridized carbons (Fsp3) is 0.614. The number of likely N-dealkylation sites (N-methyl/N-ethyl adjacent to an activating group) is 1. The molecule has 99 heavy (non-hydrogen) atoms. The summed E-state index contributed by atoms with van der Waals surface area (Å²) in [5, 5.41) is 21.9. The van der Waals surface area contributed by atoms with E-state index in [1.165, 1.54) is 54.7 Å². The Morgan fingerprint density at radius 2 is 1.57 bits per heavy atom. The van der Waals surface area contributed by atoms with Crippen molar-refractivity contribution in [3.05, 3.63) is 87.2 Å². The lowest BCUT2D eigenvalue weighted by atomic mass is 9.75. The number of aliphatic hydroxyl groups is 1. The lowest BCUT2D eigenvalue weighted by molar-refractivity contribution is -0.162. The molecule has 5 aliphatic rings. The van der Waals surface area contributed by atoms with Crippen LogP contribution >= 0.6 is 23.4 Å². The van der Waals surface area contributed by atoms with Crippen LogP contribution in [0.3, 0.4) is 0 Å². The quantitative estimate of drug-likeness (QED) is 0.0225. The summed E-state index contributed by atoms with van der Waals surface area (Å²) in [6.45, 7) is 17.2. The molecule has 1 aliphatic carbocycles. The van der Waals surface area contributed by atoms with Gasteiger partial charge in [0.2, 0.25) is 23.6 Å². The van der Waals surface area contributed by atoms with Gasteiger partial charge in [-0.05, 0) is 94.7 Å². The molecule has 6 amide bonds. The molecular weight excluding hydrogens is 1320 g/mol. The number of aryl methyl sites for hydroxylation is 1. The fourth-order valence-corrected chi connectivity index (χ4v) is 14.2. The van der Waals surface area contributed by atoms with Crippen LogP contribution in [0.15, 0.2) is 54.1 Å². The topological polar surface area (TPSA) is 330 Å². The normalized spacial score (nSPS) is 25.0. The number of nitrogens with zero attached hydrogens (tertiary/aromatic N) is 5. The zero-order valence-electron chi connectivity index (χ0n) is 58.6. The Hall–Kier alpha value is -6.99. The van der Waals surface area contributed by atoms with Crippen molar-refractivity contribution < 1.29 is 90.8 Å². The predicted octanol–water partition coefficient (Wildman–Crippen LogP) is 6.49. The minimum absolute atomic E-state index is 0.0152. The maximum absolute atomic E-state index is 14.4. The van der Waals surface area contributed by atoms with Crippen molar-refractivity contribution in [1.82, 2.24) is 24.9 Å². The van der Waals surface area contributed by atoms with Gasteiger partial charge in [0.05, 0.1) is 112 Å². The highest BCUT2D eigenvalue weighted by Crippen LogP contribution is 2.49. The van der Waals surface area contributed by atoms with E-state index in [-0.39, 0.29) is 59.6 Å². The van der Waals surface area contributed by atoms with Gasteiger partial charge in [0.25, 0.3) is 5.91 Å². The number of amides is 6. The fourth-order valence-electron chi connectivity index (χ4n) is 12.8. The SMILES string of the molecule is COc1cc2cc(c1Cl)N(C)C(=O)C[C@H](OC(=O)[C@H](C)N(C)C(=O)CCSC1CC(=O)N(CCCOCCOCCOCCOCCOCCCNc3cc(-n4nc(C)c5c4CC(C)(C)CC5=O)ccc3C(N)=O)C1=O)[C@]1(C)O[C@H]1[C@H](C)[C@@H]1C[C@@](O)(NC(=O)O1)[C@H](OC)/C=C/C=C(\C)C2. The summed E-state index contributed by atoms with van der Waals surface area (Å²) in [4.78, 5) is 111. The number of Topliss-reactive ketones (excluding diaryl/α,β-unsaturated/α-hetero) is 1. The van der Waals surface area contributed by atoms with Gasteiger partial charge in [-0.25, -0.2) is 14.3 Å². The van der Waals surface area contributed by atoms with Gasteiger partial charge in [-0.2, -0.15) is 5.10 Å². The molecular formula is C70H97ClN8O19S. The van der Waals surface area contributed by atoms with E-state index in [9.17, 15) is 43.5 Å². The zero-order chi connectivity index (χ0) is 71.9. The highest BCUT2D eigenvalue weighted by atomic mass is 35.5. The van der Waals surface area contributed by atoms with Gasteiger partial charge < -0.3 is 73.3 Å². The minimum atomic E-state index is -1.89. The maximum Gasteiger partial charge on any atom is 0.409 e. The van der Waals surface area contributed by atoms with Crippen molar-refractivity contribution >= 4 is 82.1 Å². The number of rotatable bonds is 32. The molecule has 1 unspecified atom stereocenters. The number of alkyl carbamates (subject to hydrolysis) is 1. The summed E-state index contributed by atoms with van der Waals surface area (Å²) < 4.78 is 59.6. The summed E-state index contributed by atoms with van der Waals surface area (Å²) in [6.07, 6.45) is 2.49. The molecule has 3 saturated heterocycles. The molecule has 4 bridgehead atoms. The van der Waals surface area contributed by atoms with Crippen LogP contribution in [-0.4, -0.2) is 232 Å². The first-order valence-corrected chi connectivity index (χ1v) is 35.0. The van der Waals surface area contributed by atoms with E-state index >= 15 is 0 Å². The zero-order valence-corrected chi connectivity index (χ0v) is 60.2. The number of carbonyl (C=O) groups excluding carboxylic acids is 8. The van der Waals surface area contributed by atoms with Crippen LogP contribution in [0.4, 0.5) is 16.2 Å². The molecule has 27 nitrogen and oxygen atoms in total. The molecule has 3 aromatic rings. The number of methoxy groups -OCH3 is 2. The number of benzene rings is 2. The van der Waals surface area contributed by atoms with Crippen LogP contribution in [-0.2, 0) is 79.4 Å². The van der Waals surface area contributed by atoms with Gasteiger partial charge in [0.1, 0.15) is 40.7 Å². The summed E-state index contributed by atoms with van der Waals surface area (Å²) in [5.74, 6) is -2.97. The Morgan fingerprint density at radius 3 is 2.21 bits per heavy atom. The number of carbonyl (C=O) groups is 8. The number of likely N-dealkylation sites (tertiary alicyclic amines) is 1. The number of nitrogens with two attached hydrogens (primary N) is 1. The van der Waals surface area contributed by atoms with Crippen LogP contribution in [0, 0.1) is 18.3 Å². The van der Waals surface area contributed by atoms with Crippen molar-refractivity contribution in [2.24, 2.45) is 17.1 Å². The number of anilines is 2. The van der Waals surface area contributed by atoms with Gasteiger partial charge in [0, 0.05) is 90.5 Å². The van der Waals surface area contributed by atoms with Gasteiger partial charge in [-0.3, -0.25) is 39.0 Å². The molecule has 2 aromatic carbocycles. The number of allylic oxidation sites excluding steroid dienone is 3. The van der Waals surface area contributed by atoms with Gasteiger partial charge >= 0.3 is 12.1 Å². The Morgan fingerprint density at radius 1 is 0.909 bits per heavy atom. The van der Waals surface area contributed by atoms with Crippen LogP contribution in [0.25, 0.3) is 5.69 Å². The number of primary amides is 1.